The summed E-state index contributed by atoms with van der Waals surface area (Å²) in [4.78, 5) is 10.00. The maximum atomic E-state index is 5.49. The summed E-state index contributed by atoms with van der Waals surface area (Å²) in [5.74, 6) is 1.39. The van der Waals surface area contributed by atoms with Crippen molar-refractivity contribution in [2.24, 2.45) is 4.99 Å². The van der Waals surface area contributed by atoms with Gasteiger partial charge >= 0.3 is 0 Å². The Morgan fingerprint density at radius 3 is 3.00 bits per heavy atom. The van der Waals surface area contributed by atoms with Gasteiger partial charge in [-0.3, -0.25) is 0 Å². The molecule has 6 nitrogen and oxygen atoms in total. The molecule has 0 bridgehead atoms. The first kappa shape index (κ1) is 19.9. The third-order valence-electron chi connectivity index (χ3n) is 2.83. The Kier molecular flexibility index (Phi) is 9.19. The van der Waals surface area contributed by atoms with Crippen LogP contribution in [0.5, 0.6) is 0 Å². The minimum absolute atomic E-state index is 0. The zero-order valence-corrected chi connectivity index (χ0v) is 16.7. The first-order valence-corrected chi connectivity index (χ1v) is 8.13. The lowest BCUT2D eigenvalue weighted by molar-refractivity contribution is 0.179. The number of hydrogen-bond donors (Lipinski definition) is 2. The second-order valence-corrected chi connectivity index (χ2v) is 5.76. The van der Waals surface area contributed by atoms with Gasteiger partial charge in [0.25, 0.3) is 0 Å². The summed E-state index contributed by atoms with van der Waals surface area (Å²) in [6.07, 6.45) is 1.65. The van der Waals surface area contributed by atoms with Crippen LogP contribution in [-0.4, -0.2) is 37.2 Å². The van der Waals surface area contributed by atoms with Crippen LogP contribution < -0.4 is 10.6 Å². The van der Waals surface area contributed by atoms with E-state index in [9.17, 15) is 0 Å². The number of aromatic nitrogens is 1. The quantitative estimate of drug-likeness (QED) is 0.386. The number of ether oxygens (including phenoxy) is 1. The van der Waals surface area contributed by atoms with E-state index in [0.717, 1.165) is 23.1 Å². The second-order valence-electron chi connectivity index (χ2n) is 4.82. The van der Waals surface area contributed by atoms with Gasteiger partial charge in [-0.25, -0.2) is 9.98 Å². The normalized spacial score (nSPS) is 12.6. The fourth-order valence-corrected chi connectivity index (χ4v) is 2.55. The Labute approximate surface area is 157 Å². The fourth-order valence-electron chi connectivity index (χ4n) is 1.90. The molecule has 2 N–H and O–H groups in total. The van der Waals surface area contributed by atoms with E-state index in [1.807, 2.05) is 31.4 Å². The summed E-state index contributed by atoms with van der Waals surface area (Å²) in [6, 6.07) is 4.15. The van der Waals surface area contributed by atoms with E-state index in [-0.39, 0.29) is 30.0 Å². The first-order chi connectivity index (χ1) is 10.7. The molecule has 0 radical (unpaired) electrons. The van der Waals surface area contributed by atoms with Crippen LogP contribution in [0, 0.1) is 0 Å². The number of methoxy groups -OCH3 is 1. The number of oxazole rings is 1. The molecule has 0 amide bonds. The lowest BCUT2D eigenvalue weighted by Crippen LogP contribution is -2.43. The van der Waals surface area contributed by atoms with E-state index in [2.05, 4.69) is 20.6 Å². The van der Waals surface area contributed by atoms with E-state index >= 15 is 0 Å². The molecule has 0 spiro atoms. The molecule has 0 aliphatic rings. The van der Waals surface area contributed by atoms with Crippen molar-refractivity contribution in [1.82, 2.24) is 15.6 Å². The van der Waals surface area contributed by atoms with Crippen LogP contribution >= 0.6 is 35.3 Å². The van der Waals surface area contributed by atoms with E-state index in [1.54, 1.807) is 24.7 Å². The Hall–Kier alpha value is -1.13. The predicted molar refractivity (Wildman–Crippen MR) is 105 cm³/mol. The Morgan fingerprint density at radius 2 is 2.35 bits per heavy atom. The van der Waals surface area contributed by atoms with Crippen molar-refractivity contribution < 1.29 is 9.15 Å². The Balaban J connectivity index is 0.00000264. The van der Waals surface area contributed by atoms with Crippen molar-refractivity contribution in [3.63, 3.8) is 0 Å². The molecular formula is C15H23IN4O2S. The van der Waals surface area contributed by atoms with Crippen LogP contribution in [0.4, 0.5) is 0 Å². The topological polar surface area (TPSA) is 71.7 Å². The van der Waals surface area contributed by atoms with Crippen LogP contribution in [0.1, 0.15) is 19.5 Å². The highest BCUT2D eigenvalue weighted by Crippen LogP contribution is 2.23. The zero-order valence-electron chi connectivity index (χ0n) is 13.5. The molecule has 2 rings (SSSR count). The number of thiophene rings is 1. The molecule has 1 unspecified atom stereocenters. The summed E-state index contributed by atoms with van der Waals surface area (Å²) in [5.41, 5.74) is 0.806. The van der Waals surface area contributed by atoms with E-state index in [0.29, 0.717) is 19.0 Å². The Bertz CT molecular complexity index is 586. The van der Waals surface area contributed by atoms with Gasteiger partial charge in [-0.2, -0.15) is 0 Å². The molecule has 23 heavy (non-hydrogen) atoms. The van der Waals surface area contributed by atoms with Crippen molar-refractivity contribution in [1.29, 1.82) is 0 Å². The third kappa shape index (κ3) is 6.48. The number of guanidine groups is 1. The molecule has 0 aromatic carbocycles. The number of hydrogen-bond acceptors (Lipinski definition) is 5. The summed E-state index contributed by atoms with van der Waals surface area (Å²) < 4.78 is 10.6. The molecular weight excluding hydrogens is 427 g/mol. The second kappa shape index (κ2) is 10.6. The summed E-state index contributed by atoms with van der Waals surface area (Å²) in [6.45, 7) is 5.95. The van der Waals surface area contributed by atoms with Crippen molar-refractivity contribution in [3.05, 3.63) is 29.5 Å². The zero-order chi connectivity index (χ0) is 15.8. The van der Waals surface area contributed by atoms with Crippen molar-refractivity contribution in [3.8, 4) is 10.8 Å². The van der Waals surface area contributed by atoms with Crippen LogP contribution in [0.2, 0.25) is 0 Å². The largest absolute Gasteiger partial charge is 0.443 e. The molecule has 0 saturated heterocycles. The number of rotatable bonds is 7. The highest BCUT2D eigenvalue weighted by molar-refractivity contribution is 14.0. The molecule has 8 heteroatoms. The molecule has 0 fully saturated rings. The molecule has 0 aliphatic carbocycles. The molecule has 128 valence electrons. The van der Waals surface area contributed by atoms with E-state index < -0.39 is 0 Å². The number of aliphatic imine (C=N–C) groups is 1. The van der Waals surface area contributed by atoms with Crippen LogP contribution in [0.3, 0.4) is 0 Å². The molecule has 2 heterocycles. The average molecular weight is 450 g/mol. The van der Waals surface area contributed by atoms with Gasteiger partial charge in [0.15, 0.2) is 5.96 Å². The summed E-state index contributed by atoms with van der Waals surface area (Å²) in [7, 11) is 1.68. The van der Waals surface area contributed by atoms with E-state index in [1.165, 1.54) is 0 Å². The van der Waals surface area contributed by atoms with Gasteiger partial charge in [0, 0.05) is 19.7 Å². The van der Waals surface area contributed by atoms with Crippen LogP contribution in [0.25, 0.3) is 10.8 Å². The monoisotopic (exact) mass is 450 g/mol. The van der Waals surface area contributed by atoms with Gasteiger partial charge in [-0.1, -0.05) is 6.07 Å². The van der Waals surface area contributed by atoms with Crippen molar-refractivity contribution >= 4 is 41.3 Å². The molecule has 0 saturated carbocycles. The molecule has 2 aromatic heterocycles. The highest BCUT2D eigenvalue weighted by atomic mass is 127. The highest BCUT2D eigenvalue weighted by Gasteiger charge is 2.08. The maximum absolute atomic E-state index is 5.49. The van der Waals surface area contributed by atoms with Crippen LogP contribution in [-0.2, 0) is 11.3 Å². The summed E-state index contributed by atoms with van der Waals surface area (Å²) in [5, 5.41) is 8.49. The van der Waals surface area contributed by atoms with Crippen molar-refractivity contribution in [2.45, 2.75) is 26.4 Å². The predicted octanol–water partition coefficient (Wildman–Crippen LogP) is 3.11. The first-order valence-electron chi connectivity index (χ1n) is 7.25. The SMILES string of the molecule is CCNC(=NCc1coc(-c2cccs2)n1)NC(C)COC.I. The number of nitrogens with zero attached hydrogens (tertiary/aromatic N) is 2. The van der Waals surface area contributed by atoms with Gasteiger partial charge in [-0.05, 0) is 25.3 Å². The van der Waals surface area contributed by atoms with Gasteiger partial charge in [-0.15, -0.1) is 35.3 Å². The summed E-state index contributed by atoms with van der Waals surface area (Å²) >= 11 is 1.61. The van der Waals surface area contributed by atoms with Gasteiger partial charge in [0.2, 0.25) is 5.89 Å². The van der Waals surface area contributed by atoms with E-state index in [4.69, 9.17) is 9.15 Å². The molecule has 1 atom stereocenters. The molecule has 0 aliphatic heterocycles. The van der Waals surface area contributed by atoms with Crippen LogP contribution in [0.15, 0.2) is 33.2 Å². The van der Waals surface area contributed by atoms with Crippen molar-refractivity contribution in [2.75, 3.05) is 20.3 Å². The third-order valence-corrected chi connectivity index (χ3v) is 3.68. The van der Waals surface area contributed by atoms with Gasteiger partial charge in [0.1, 0.15) is 12.0 Å². The minimum Gasteiger partial charge on any atom is -0.443 e. The number of nitrogens with one attached hydrogen (secondary N) is 2. The van der Waals surface area contributed by atoms with Gasteiger partial charge < -0.3 is 19.8 Å². The number of halogens is 1. The lowest BCUT2D eigenvalue weighted by atomic mass is 10.4. The lowest BCUT2D eigenvalue weighted by Gasteiger charge is -2.16. The molecule has 2 aromatic rings. The standard InChI is InChI=1S/C15H22N4O2S.HI/c1-4-16-15(18-11(2)9-20-3)17-8-12-10-21-14(19-12)13-6-5-7-22-13;/h5-7,10-11H,4,8-9H2,1-3H3,(H2,16,17,18);1H. The average Bonchev–Trinajstić information content (AvgIpc) is 3.16. The smallest absolute Gasteiger partial charge is 0.236 e. The van der Waals surface area contributed by atoms with Gasteiger partial charge in [0.05, 0.1) is 18.0 Å². The fraction of sp³-hybridized carbons (Fsp3) is 0.467. The maximum Gasteiger partial charge on any atom is 0.236 e. The Morgan fingerprint density at radius 1 is 1.52 bits per heavy atom. The minimum atomic E-state index is 0.